The van der Waals surface area contributed by atoms with Crippen LogP contribution >= 0.6 is 22.9 Å². The molecule has 0 unspecified atom stereocenters. The lowest BCUT2D eigenvalue weighted by atomic mass is 10.2. The van der Waals surface area contributed by atoms with Crippen LogP contribution in [0.1, 0.15) is 27.9 Å². The molecule has 0 spiro atoms. The Labute approximate surface area is 143 Å². The van der Waals surface area contributed by atoms with Gasteiger partial charge in [-0.2, -0.15) is 5.10 Å². The van der Waals surface area contributed by atoms with Crippen LogP contribution in [0.15, 0.2) is 23.3 Å². The lowest BCUT2D eigenvalue weighted by Gasteiger charge is -2.05. The molecule has 1 N–H and O–H groups in total. The van der Waals surface area contributed by atoms with Gasteiger partial charge in [-0.15, -0.1) is 0 Å². The highest BCUT2D eigenvalue weighted by Gasteiger charge is 2.15. The van der Waals surface area contributed by atoms with Crippen molar-refractivity contribution in [2.45, 2.75) is 13.8 Å². The molecule has 6 nitrogen and oxygen atoms in total. The van der Waals surface area contributed by atoms with Gasteiger partial charge >= 0.3 is 5.97 Å². The molecule has 8 heteroatoms. The number of carbonyl (C=O) groups is 1. The minimum absolute atomic E-state index is 0.407. The normalized spacial score (nSPS) is 10.8. The summed E-state index contributed by atoms with van der Waals surface area (Å²) >= 11 is 7.29. The molecule has 0 saturated heterocycles. The molecule has 0 amide bonds. The number of nitrogens with one attached hydrogen (secondary N) is 1. The van der Waals surface area contributed by atoms with E-state index < -0.39 is 5.97 Å². The van der Waals surface area contributed by atoms with Crippen LogP contribution in [0, 0.1) is 6.92 Å². The zero-order valence-electron chi connectivity index (χ0n) is 12.9. The molecule has 0 radical (unpaired) electrons. The topological polar surface area (TPSA) is 72.8 Å². The first-order valence-corrected chi connectivity index (χ1v) is 8.01. The highest BCUT2D eigenvalue weighted by atomic mass is 35.5. The summed E-state index contributed by atoms with van der Waals surface area (Å²) < 4.78 is 10.1. The molecular formula is C15H16ClN3O3S. The van der Waals surface area contributed by atoms with Crippen LogP contribution in [-0.2, 0) is 4.74 Å². The van der Waals surface area contributed by atoms with E-state index in [4.69, 9.17) is 16.3 Å². The molecule has 0 aliphatic rings. The van der Waals surface area contributed by atoms with E-state index in [0.29, 0.717) is 33.1 Å². The van der Waals surface area contributed by atoms with Crippen LogP contribution in [-0.4, -0.2) is 30.9 Å². The van der Waals surface area contributed by atoms with Gasteiger partial charge in [0.1, 0.15) is 10.6 Å². The number of hydrazone groups is 1. The standard InChI is InChI=1S/C15H16ClN3O3S/c1-4-22-12-6-5-10(7-11(12)16)8-17-19-15-18-9(2)13(23-15)14(20)21-3/h5-8H,4H2,1-3H3,(H,18,19)/b17-8-. The van der Waals surface area contributed by atoms with Crippen molar-refractivity contribution in [1.29, 1.82) is 0 Å². The van der Waals surface area contributed by atoms with Crippen molar-refractivity contribution in [1.82, 2.24) is 4.98 Å². The molecule has 0 aliphatic heterocycles. The summed E-state index contributed by atoms with van der Waals surface area (Å²) in [5.41, 5.74) is 4.20. The van der Waals surface area contributed by atoms with Crippen molar-refractivity contribution in [3.05, 3.63) is 39.4 Å². The van der Waals surface area contributed by atoms with Crippen LogP contribution in [0.2, 0.25) is 5.02 Å². The van der Waals surface area contributed by atoms with Gasteiger partial charge in [-0.25, -0.2) is 9.78 Å². The minimum Gasteiger partial charge on any atom is -0.492 e. The number of anilines is 1. The maximum Gasteiger partial charge on any atom is 0.350 e. The molecule has 2 aromatic rings. The van der Waals surface area contributed by atoms with Crippen LogP contribution in [0.5, 0.6) is 5.75 Å². The molecule has 0 aliphatic carbocycles. The van der Waals surface area contributed by atoms with Gasteiger partial charge in [0.05, 0.1) is 30.6 Å². The van der Waals surface area contributed by atoms with Gasteiger partial charge in [-0.05, 0) is 37.6 Å². The number of hydrogen-bond donors (Lipinski definition) is 1. The Morgan fingerprint density at radius 2 is 2.30 bits per heavy atom. The molecule has 1 aromatic heterocycles. The fourth-order valence-electron chi connectivity index (χ4n) is 1.76. The van der Waals surface area contributed by atoms with Gasteiger partial charge in [0.15, 0.2) is 0 Å². The number of halogens is 1. The summed E-state index contributed by atoms with van der Waals surface area (Å²) in [6, 6.07) is 5.38. The van der Waals surface area contributed by atoms with Crippen molar-refractivity contribution in [3.8, 4) is 5.75 Å². The van der Waals surface area contributed by atoms with E-state index in [0.717, 1.165) is 5.56 Å². The molecule has 23 heavy (non-hydrogen) atoms. The van der Waals surface area contributed by atoms with Gasteiger partial charge in [0.25, 0.3) is 0 Å². The van der Waals surface area contributed by atoms with Crippen molar-refractivity contribution < 1.29 is 14.3 Å². The number of nitrogens with zero attached hydrogens (tertiary/aromatic N) is 2. The fourth-order valence-corrected chi connectivity index (χ4v) is 2.84. The highest BCUT2D eigenvalue weighted by Crippen LogP contribution is 2.25. The summed E-state index contributed by atoms with van der Waals surface area (Å²) in [5.74, 6) is 0.230. The van der Waals surface area contributed by atoms with Gasteiger partial charge in [-0.1, -0.05) is 22.9 Å². The van der Waals surface area contributed by atoms with Crippen LogP contribution < -0.4 is 10.2 Å². The van der Waals surface area contributed by atoms with Gasteiger partial charge in [0.2, 0.25) is 5.13 Å². The largest absolute Gasteiger partial charge is 0.492 e. The fraction of sp³-hybridized carbons (Fsp3) is 0.267. The SMILES string of the molecule is CCOc1ccc(/C=N\Nc2nc(C)c(C(=O)OC)s2)cc1Cl. The third-order valence-electron chi connectivity index (χ3n) is 2.80. The number of thiazole rings is 1. The maximum atomic E-state index is 11.5. The number of ether oxygens (including phenoxy) is 2. The van der Waals surface area contributed by atoms with E-state index in [1.807, 2.05) is 13.0 Å². The highest BCUT2D eigenvalue weighted by molar-refractivity contribution is 7.17. The summed E-state index contributed by atoms with van der Waals surface area (Å²) in [6.07, 6.45) is 1.61. The second kappa shape index (κ2) is 7.94. The smallest absolute Gasteiger partial charge is 0.350 e. The zero-order chi connectivity index (χ0) is 16.8. The van der Waals surface area contributed by atoms with E-state index in [9.17, 15) is 4.79 Å². The lowest BCUT2D eigenvalue weighted by molar-refractivity contribution is 0.0605. The van der Waals surface area contributed by atoms with E-state index >= 15 is 0 Å². The zero-order valence-corrected chi connectivity index (χ0v) is 14.5. The number of esters is 1. The van der Waals surface area contributed by atoms with Gasteiger partial charge in [0, 0.05) is 0 Å². The van der Waals surface area contributed by atoms with E-state index in [2.05, 4.69) is 20.2 Å². The van der Waals surface area contributed by atoms with E-state index in [-0.39, 0.29) is 0 Å². The number of hydrogen-bond acceptors (Lipinski definition) is 7. The Kier molecular flexibility index (Phi) is 5.95. The Morgan fingerprint density at radius 1 is 1.52 bits per heavy atom. The molecule has 1 aromatic carbocycles. The Balaban J connectivity index is 2.04. The predicted molar refractivity (Wildman–Crippen MR) is 92.0 cm³/mol. The van der Waals surface area contributed by atoms with Crippen molar-refractivity contribution in [2.24, 2.45) is 5.10 Å². The lowest BCUT2D eigenvalue weighted by Crippen LogP contribution is -1.99. The summed E-state index contributed by atoms with van der Waals surface area (Å²) in [6.45, 7) is 4.19. The first kappa shape index (κ1) is 17.2. The molecule has 122 valence electrons. The second-order valence-electron chi connectivity index (χ2n) is 4.42. The van der Waals surface area contributed by atoms with Crippen molar-refractivity contribution >= 4 is 40.3 Å². The average Bonchev–Trinajstić information content (AvgIpc) is 2.90. The van der Waals surface area contributed by atoms with E-state index in [1.165, 1.54) is 18.4 Å². The molecular weight excluding hydrogens is 338 g/mol. The summed E-state index contributed by atoms with van der Waals surface area (Å²) in [7, 11) is 1.34. The maximum absolute atomic E-state index is 11.5. The van der Waals surface area contributed by atoms with Crippen LogP contribution in [0.3, 0.4) is 0 Å². The van der Waals surface area contributed by atoms with Gasteiger partial charge in [-0.3, -0.25) is 5.43 Å². The number of rotatable bonds is 6. The summed E-state index contributed by atoms with van der Waals surface area (Å²) in [4.78, 5) is 16.2. The molecule has 0 saturated carbocycles. The molecule has 0 atom stereocenters. The Hall–Kier alpha value is -2.12. The van der Waals surface area contributed by atoms with Crippen molar-refractivity contribution in [3.63, 3.8) is 0 Å². The quantitative estimate of drug-likeness (QED) is 0.486. The third-order valence-corrected chi connectivity index (χ3v) is 4.13. The van der Waals surface area contributed by atoms with Crippen molar-refractivity contribution in [2.75, 3.05) is 19.1 Å². The molecule has 2 rings (SSSR count). The number of methoxy groups -OCH3 is 1. The second-order valence-corrected chi connectivity index (χ2v) is 5.82. The number of benzene rings is 1. The molecule has 1 heterocycles. The third kappa shape index (κ3) is 4.43. The first-order valence-electron chi connectivity index (χ1n) is 6.82. The van der Waals surface area contributed by atoms with Crippen LogP contribution in [0.25, 0.3) is 0 Å². The van der Waals surface area contributed by atoms with Crippen LogP contribution in [0.4, 0.5) is 5.13 Å². The van der Waals surface area contributed by atoms with E-state index in [1.54, 1.807) is 25.3 Å². The predicted octanol–water partition coefficient (Wildman–Crippen LogP) is 3.74. The Morgan fingerprint density at radius 3 is 2.96 bits per heavy atom. The average molecular weight is 354 g/mol. The first-order chi connectivity index (χ1) is 11.0. The summed E-state index contributed by atoms with van der Waals surface area (Å²) in [5, 5.41) is 5.12. The van der Waals surface area contributed by atoms with Gasteiger partial charge < -0.3 is 9.47 Å². The monoisotopic (exact) mass is 353 g/mol. The molecule has 0 bridgehead atoms. The Bertz CT molecular complexity index is 731. The number of carbonyl (C=O) groups excluding carboxylic acids is 1. The number of aromatic nitrogens is 1. The molecule has 0 fully saturated rings. The minimum atomic E-state index is -0.407. The number of aryl methyl sites for hydroxylation is 1.